The molecular formula is C10H11Cl3O3S2. The minimum absolute atomic E-state index is 0.00531. The first-order chi connectivity index (χ1) is 8.36. The number of hydrogen-bond acceptors (Lipinski definition) is 4. The van der Waals surface area contributed by atoms with Crippen molar-refractivity contribution in [3.63, 3.8) is 0 Å². The number of benzene rings is 1. The Labute approximate surface area is 125 Å². The zero-order valence-corrected chi connectivity index (χ0v) is 13.4. The molecule has 0 saturated heterocycles. The SMILES string of the molecule is CSCCCOc1cc(Cl)c(S(=O)(=O)Cl)cc1Cl. The largest absolute Gasteiger partial charge is 0.492 e. The monoisotopic (exact) mass is 348 g/mol. The van der Waals surface area contributed by atoms with E-state index in [1.165, 1.54) is 12.1 Å². The summed E-state index contributed by atoms with van der Waals surface area (Å²) in [4.78, 5) is -0.215. The molecule has 0 aromatic heterocycles. The van der Waals surface area contributed by atoms with Crippen molar-refractivity contribution in [2.45, 2.75) is 11.3 Å². The van der Waals surface area contributed by atoms with Gasteiger partial charge in [-0.1, -0.05) is 23.2 Å². The van der Waals surface area contributed by atoms with Crippen molar-refractivity contribution in [3.8, 4) is 5.75 Å². The highest BCUT2D eigenvalue weighted by Crippen LogP contribution is 2.35. The van der Waals surface area contributed by atoms with Gasteiger partial charge < -0.3 is 4.74 Å². The quantitative estimate of drug-likeness (QED) is 0.574. The topological polar surface area (TPSA) is 43.4 Å². The van der Waals surface area contributed by atoms with Crippen LogP contribution in [-0.2, 0) is 9.05 Å². The number of ether oxygens (including phenoxy) is 1. The van der Waals surface area contributed by atoms with Gasteiger partial charge in [-0.3, -0.25) is 0 Å². The van der Waals surface area contributed by atoms with E-state index in [1.807, 2.05) is 6.26 Å². The van der Waals surface area contributed by atoms with Crippen molar-refractivity contribution in [1.82, 2.24) is 0 Å². The summed E-state index contributed by atoms with van der Waals surface area (Å²) in [6.45, 7) is 0.490. The molecule has 1 aromatic carbocycles. The second-order valence-corrected chi connectivity index (χ2v) is 7.68. The maximum absolute atomic E-state index is 11.2. The van der Waals surface area contributed by atoms with Crippen LogP contribution >= 0.6 is 45.6 Å². The molecule has 0 N–H and O–H groups in total. The summed E-state index contributed by atoms with van der Waals surface area (Å²) in [6, 6.07) is 2.55. The molecule has 0 aliphatic heterocycles. The third-order valence-corrected chi connectivity index (χ3v) is 4.78. The van der Waals surface area contributed by atoms with Crippen molar-refractivity contribution in [2.75, 3.05) is 18.6 Å². The van der Waals surface area contributed by atoms with Crippen LogP contribution in [0.4, 0.5) is 0 Å². The molecule has 18 heavy (non-hydrogen) atoms. The summed E-state index contributed by atoms with van der Waals surface area (Å²) in [5, 5.41) is 0.164. The second kappa shape index (κ2) is 7.10. The van der Waals surface area contributed by atoms with E-state index in [-0.39, 0.29) is 14.9 Å². The summed E-state index contributed by atoms with van der Waals surface area (Å²) in [7, 11) is 1.31. The fourth-order valence-corrected chi connectivity index (χ4v) is 3.39. The lowest BCUT2D eigenvalue weighted by molar-refractivity contribution is 0.319. The Kier molecular flexibility index (Phi) is 6.41. The second-order valence-electron chi connectivity index (χ2n) is 3.35. The summed E-state index contributed by atoms with van der Waals surface area (Å²) >= 11 is 13.4. The van der Waals surface area contributed by atoms with Gasteiger partial charge in [-0.2, -0.15) is 11.8 Å². The Balaban J connectivity index is 2.87. The molecule has 1 rings (SSSR count). The Bertz CT molecular complexity index is 517. The van der Waals surface area contributed by atoms with Crippen molar-refractivity contribution in [2.24, 2.45) is 0 Å². The van der Waals surface area contributed by atoms with Gasteiger partial charge >= 0.3 is 0 Å². The van der Waals surface area contributed by atoms with Crippen molar-refractivity contribution in [1.29, 1.82) is 0 Å². The van der Waals surface area contributed by atoms with Gasteiger partial charge in [0.05, 0.1) is 16.7 Å². The molecule has 0 saturated carbocycles. The molecule has 0 fully saturated rings. The Hall–Kier alpha value is 0.190. The van der Waals surface area contributed by atoms with E-state index in [9.17, 15) is 8.42 Å². The average molecular weight is 350 g/mol. The number of halogens is 3. The van der Waals surface area contributed by atoms with Crippen LogP contribution in [-0.4, -0.2) is 27.0 Å². The highest BCUT2D eigenvalue weighted by Gasteiger charge is 2.18. The molecule has 3 nitrogen and oxygen atoms in total. The van der Waals surface area contributed by atoms with E-state index in [1.54, 1.807) is 11.8 Å². The van der Waals surface area contributed by atoms with Crippen LogP contribution in [0, 0.1) is 0 Å². The molecule has 1 aromatic rings. The van der Waals surface area contributed by atoms with Crippen molar-refractivity contribution >= 4 is 54.7 Å². The molecule has 0 spiro atoms. The first-order valence-electron chi connectivity index (χ1n) is 4.91. The molecule has 0 atom stereocenters. The van der Waals surface area contributed by atoms with Gasteiger partial charge in [-0.25, -0.2) is 8.42 Å². The molecule has 0 radical (unpaired) electrons. The third-order valence-electron chi connectivity index (χ3n) is 2.00. The van der Waals surface area contributed by atoms with Crippen molar-refractivity contribution in [3.05, 3.63) is 22.2 Å². The van der Waals surface area contributed by atoms with Gasteiger partial charge in [0.25, 0.3) is 9.05 Å². The molecule has 0 bridgehead atoms. The predicted molar refractivity (Wildman–Crippen MR) is 78.0 cm³/mol. The smallest absolute Gasteiger partial charge is 0.262 e. The normalized spacial score (nSPS) is 11.6. The zero-order chi connectivity index (χ0) is 13.8. The fourth-order valence-electron chi connectivity index (χ4n) is 1.19. The number of hydrogen-bond donors (Lipinski definition) is 0. The minimum atomic E-state index is -3.90. The minimum Gasteiger partial charge on any atom is -0.492 e. The predicted octanol–water partition coefficient (Wildman–Crippen LogP) is 4.05. The Morgan fingerprint density at radius 3 is 2.50 bits per heavy atom. The van der Waals surface area contributed by atoms with E-state index >= 15 is 0 Å². The van der Waals surface area contributed by atoms with Gasteiger partial charge in [0, 0.05) is 16.7 Å². The lowest BCUT2D eigenvalue weighted by Crippen LogP contribution is -2.00. The highest BCUT2D eigenvalue weighted by atomic mass is 35.7. The molecule has 8 heteroatoms. The van der Waals surface area contributed by atoms with Crippen LogP contribution in [0.3, 0.4) is 0 Å². The van der Waals surface area contributed by atoms with Crippen LogP contribution in [0.1, 0.15) is 6.42 Å². The van der Waals surface area contributed by atoms with Crippen LogP contribution in [0.15, 0.2) is 17.0 Å². The van der Waals surface area contributed by atoms with E-state index < -0.39 is 9.05 Å². The number of rotatable bonds is 6. The van der Waals surface area contributed by atoms with Crippen LogP contribution < -0.4 is 4.74 Å². The lowest BCUT2D eigenvalue weighted by Gasteiger charge is -2.09. The van der Waals surface area contributed by atoms with E-state index in [2.05, 4.69) is 0 Å². The van der Waals surface area contributed by atoms with E-state index in [0.717, 1.165) is 12.2 Å². The van der Waals surface area contributed by atoms with E-state index in [0.29, 0.717) is 12.4 Å². The lowest BCUT2D eigenvalue weighted by atomic mass is 10.3. The van der Waals surface area contributed by atoms with Crippen molar-refractivity contribution < 1.29 is 13.2 Å². The highest BCUT2D eigenvalue weighted by molar-refractivity contribution is 8.13. The molecule has 0 amide bonds. The maximum atomic E-state index is 11.2. The molecule has 0 heterocycles. The summed E-state index contributed by atoms with van der Waals surface area (Å²) in [6.07, 6.45) is 2.87. The molecule has 102 valence electrons. The first-order valence-corrected chi connectivity index (χ1v) is 9.37. The molecular weight excluding hydrogens is 339 g/mol. The summed E-state index contributed by atoms with van der Waals surface area (Å²) in [5.41, 5.74) is 0. The van der Waals surface area contributed by atoms with Crippen LogP contribution in [0.2, 0.25) is 10.0 Å². The maximum Gasteiger partial charge on any atom is 0.262 e. The van der Waals surface area contributed by atoms with Gasteiger partial charge in [0.1, 0.15) is 10.6 Å². The zero-order valence-electron chi connectivity index (χ0n) is 9.45. The van der Waals surface area contributed by atoms with E-state index in [4.69, 9.17) is 38.6 Å². The Morgan fingerprint density at radius 1 is 1.28 bits per heavy atom. The number of thioether (sulfide) groups is 1. The fraction of sp³-hybridized carbons (Fsp3) is 0.400. The summed E-state index contributed by atoms with van der Waals surface area (Å²) in [5.74, 6) is 1.33. The van der Waals surface area contributed by atoms with Gasteiger partial charge in [-0.15, -0.1) is 0 Å². The van der Waals surface area contributed by atoms with Gasteiger partial charge in [-0.05, 0) is 24.5 Å². The summed E-state index contributed by atoms with van der Waals surface area (Å²) < 4.78 is 27.8. The average Bonchev–Trinajstić information content (AvgIpc) is 2.27. The Morgan fingerprint density at radius 2 is 1.94 bits per heavy atom. The van der Waals surface area contributed by atoms with Crippen LogP contribution in [0.5, 0.6) is 5.75 Å². The molecule has 0 unspecified atom stereocenters. The molecule has 0 aliphatic carbocycles. The standard InChI is InChI=1S/C10H11Cl3O3S2/c1-17-4-2-3-16-9-5-8(12)10(6-7(9)11)18(13,14)15/h5-6H,2-4H2,1H3. The van der Waals surface area contributed by atoms with Crippen LogP contribution in [0.25, 0.3) is 0 Å². The molecule has 0 aliphatic rings. The van der Waals surface area contributed by atoms with Gasteiger partial charge in [0.2, 0.25) is 0 Å². The first kappa shape index (κ1) is 16.2. The third kappa shape index (κ3) is 4.70. The van der Waals surface area contributed by atoms with Gasteiger partial charge in [0.15, 0.2) is 0 Å².